The largest absolute Gasteiger partial charge is 0.297 e. The molecule has 1 heterocycles. The number of benzene rings is 1. The number of Topliss-reactive ketones (excluding diaryl/α,β-unsaturated/α-hetero) is 1. The van der Waals surface area contributed by atoms with Gasteiger partial charge in [-0.15, -0.1) is 0 Å². The van der Waals surface area contributed by atoms with E-state index in [1.165, 1.54) is 0 Å². The van der Waals surface area contributed by atoms with Gasteiger partial charge in [-0.1, -0.05) is 37.3 Å². The molecule has 0 bridgehead atoms. The highest BCUT2D eigenvalue weighted by atomic mass is 16.1. The van der Waals surface area contributed by atoms with Crippen LogP contribution >= 0.6 is 0 Å². The first-order valence-corrected chi connectivity index (χ1v) is 5.84. The van der Waals surface area contributed by atoms with Crippen LogP contribution in [0.4, 0.5) is 0 Å². The van der Waals surface area contributed by atoms with Gasteiger partial charge < -0.3 is 0 Å². The van der Waals surface area contributed by atoms with E-state index in [0.29, 0.717) is 6.42 Å². The van der Waals surface area contributed by atoms with Crippen LogP contribution < -0.4 is 0 Å². The molecule has 0 radical (unpaired) electrons. The SMILES string of the molecule is CCC(=O)C(C)n1cc(-c2ccccc2)cn1. The second-order valence-corrected chi connectivity index (χ2v) is 4.07. The lowest BCUT2D eigenvalue weighted by atomic mass is 10.1. The molecule has 0 aliphatic carbocycles. The number of aromatic nitrogens is 2. The predicted molar refractivity (Wildman–Crippen MR) is 67.7 cm³/mol. The fourth-order valence-corrected chi connectivity index (χ4v) is 1.77. The maximum atomic E-state index is 11.6. The van der Waals surface area contributed by atoms with Crippen LogP contribution in [-0.2, 0) is 4.79 Å². The standard InChI is InChI=1S/C14H16N2O/c1-3-14(17)11(2)16-10-13(9-15-16)12-7-5-4-6-8-12/h4-11H,3H2,1-2H3. The summed E-state index contributed by atoms with van der Waals surface area (Å²) in [7, 11) is 0. The molecule has 0 aliphatic rings. The highest BCUT2D eigenvalue weighted by Gasteiger charge is 2.13. The Morgan fingerprint density at radius 1 is 1.29 bits per heavy atom. The number of rotatable bonds is 4. The van der Waals surface area contributed by atoms with Gasteiger partial charge in [-0.2, -0.15) is 5.10 Å². The molecule has 17 heavy (non-hydrogen) atoms. The lowest BCUT2D eigenvalue weighted by Gasteiger charge is -2.08. The molecular weight excluding hydrogens is 212 g/mol. The third kappa shape index (κ3) is 2.44. The molecule has 2 aromatic rings. The number of hydrogen-bond donors (Lipinski definition) is 0. The van der Waals surface area contributed by atoms with Crippen LogP contribution in [0.25, 0.3) is 11.1 Å². The van der Waals surface area contributed by atoms with Crippen molar-refractivity contribution in [1.82, 2.24) is 9.78 Å². The summed E-state index contributed by atoms with van der Waals surface area (Å²) in [5.74, 6) is 0.202. The average molecular weight is 228 g/mol. The quantitative estimate of drug-likeness (QED) is 0.806. The Labute approximate surface area is 101 Å². The van der Waals surface area contributed by atoms with E-state index in [4.69, 9.17) is 0 Å². The van der Waals surface area contributed by atoms with Crippen molar-refractivity contribution in [3.63, 3.8) is 0 Å². The van der Waals surface area contributed by atoms with Crippen molar-refractivity contribution in [3.8, 4) is 11.1 Å². The Balaban J connectivity index is 2.25. The molecule has 0 amide bonds. The van der Waals surface area contributed by atoms with Gasteiger partial charge in [-0.05, 0) is 12.5 Å². The lowest BCUT2D eigenvalue weighted by molar-refractivity contribution is -0.121. The van der Waals surface area contributed by atoms with Crippen LogP contribution in [0.2, 0.25) is 0 Å². The Morgan fingerprint density at radius 2 is 2.00 bits per heavy atom. The molecule has 0 saturated carbocycles. The van der Waals surface area contributed by atoms with E-state index in [9.17, 15) is 4.79 Å². The number of ketones is 1. The maximum Gasteiger partial charge on any atom is 0.156 e. The Kier molecular flexibility index (Phi) is 3.38. The Bertz CT molecular complexity index is 502. The molecule has 0 saturated heterocycles. The van der Waals surface area contributed by atoms with Gasteiger partial charge in [0.25, 0.3) is 0 Å². The molecular formula is C14H16N2O. The van der Waals surface area contributed by atoms with Crippen LogP contribution in [0, 0.1) is 0 Å². The number of hydrogen-bond acceptors (Lipinski definition) is 2. The first-order chi connectivity index (χ1) is 8.22. The van der Waals surface area contributed by atoms with Gasteiger partial charge in [0, 0.05) is 18.2 Å². The van der Waals surface area contributed by atoms with Crippen LogP contribution in [-0.4, -0.2) is 15.6 Å². The second-order valence-electron chi connectivity index (χ2n) is 4.07. The lowest BCUT2D eigenvalue weighted by Crippen LogP contribution is -2.15. The zero-order chi connectivity index (χ0) is 12.3. The van der Waals surface area contributed by atoms with Crippen molar-refractivity contribution in [2.24, 2.45) is 0 Å². The van der Waals surface area contributed by atoms with E-state index in [1.807, 2.05) is 50.4 Å². The molecule has 3 heteroatoms. The molecule has 2 rings (SSSR count). The zero-order valence-electron chi connectivity index (χ0n) is 10.1. The minimum Gasteiger partial charge on any atom is -0.297 e. The van der Waals surface area contributed by atoms with Crippen molar-refractivity contribution < 1.29 is 4.79 Å². The van der Waals surface area contributed by atoms with Crippen molar-refractivity contribution in [2.45, 2.75) is 26.3 Å². The first-order valence-electron chi connectivity index (χ1n) is 5.84. The van der Waals surface area contributed by atoms with E-state index < -0.39 is 0 Å². The molecule has 0 aliphatic heterocycles. The van der Waals surface area contributed by atoms with E-state index in [2.05, 4.69) is 5.10 Å². The summed E-state index contributed by atoms with van der Waals surface area (Å²) in [5.41, 5.74) is 2.16. The Morgan fingerprint density at radius 3 is 2.65 bits per heavy atom. The summed E-state index contributed by atoms with van der Waals surface area (Å²) in [6.07, 6.45) is 4.27. The third-order valence-electron chi connectivity index (χ3n) is 2.92. The maximum absolute atomic E-state index is 11.6. The van der Waals surface area contributed by atoms with Gasteiger partial charge in [-0.25, -0.2) is 0 Å². The zero-order valence-corrected chi connectivity index (χ0v) is 10.1. The van der Waals surface area contributed by atoms with E-state index >= 15 is 0 Å². The number of carbonyl (C=O) groups excluding carboxylic acids is 1. The molecule has 3 nitrogen and oxygen atoms in total. The second kappa shape index (κ2) is 4.95. The van der Waals surface area contributed by atoms with E-state index in [-0.39, 0.29) is 11.8 Å². The normalized spacial score (nSPS) is 12.4. The molecule has 88 valence electrons. The number of nitrogens with zero attached hydrogens (tertiary/aromatic N) is 2. The highest BCUT2D eigenvalue weighted by molar-refractivity contribution is 5.81. The fraction of sp³-hybridized carbons (Fsp3) is 0.286. The summed E-state index contributed by atoms with van der Waals surface area (Å²) in [4.78, 5) is 11.6. The summed E-state index contributed by atoms with van der Waals surface area (Å²) in [5, 5.41) is 4.26. The average Bonchev–Trinajstić information content (AvgIpc) is 2.87. The number of carbonyl (C=O) groups is 1. The Hall–Kier alpha value is -1.90. The summed E-state index contributed by atoms with van der Waals surface area (Å²) < 4.78 is 1.73. The van der Waals surface area contributed by atoms with Crippen LogP contribution in [0.1, 0.15) is 26.3 Å². The molecule has 1 atom stereocenters. The van der Waals surface area contributed by atoms with Crippen molar-refractivity contribution in [3.05, 3.63) is 42.7 Å². The third-order valence-corrected chi connectivity index (χ3v) is 2.92. The molecule has 0 fully saturated rings. The topological polar surface area (TPSA) is 34.9 Å². The molecule has 1 aromatic carbocycles. The van der Waals surface area contributed by atoms with Crippen LogP contribution in [0.5, 0.6) is 0 Å². The fourth-order valence-electron chi connectivity index (χ4n) is 1.77. The summed E-state index contributed by atoms with van der Waals surface area (Å²) in [6.45, 7) is 3.76. The van der Waals surface area contributed by atoms with E-state index in [1.54, 1.807) is 10.9 Å². The van der Waals surface area contributed by atoms with Gasteiger partial charge in [0.2, 0.25) is 0 Å². The van der Waals surface area contributed by atoms with E-state index in [0.717, 1.165) is 11.1 Å². The van der Waals surface area contributed by atoms with Gasteiger partial charge in [0.1, 0.15) is 6.04 Å². The van der Waals surface area contributed by atoms with Gasteiger partial charge in [0.05, 0.1) is 6.20 Å². The van der Waals surface area contributed by atoms with Crippen molar-refractivity contribution in [2.75, 3.05) is 0 Å². The smallest absolute Gasteiger partial charge is 0.156 e. The summed E-state index contributed by atoms with van der Waals surface area (Å²) in [6, 6.07) is 9.86. The van der Waals surface area contributed by atoms with Gasteiger partial charge >= 0.3 is 0 Å². The minimum atomic E-state index is -0.183. The molecule has 1 unspecified atom stereocenters. The first kappa shape index (κ1) is 11.6. The monoisotopic (exact) mass is 228 g/mol. The minimum absolute atomic E-state index is 0.183. The van der Waals surface area contributed by atoms with Gasteiger partial charge in [0.15, 0.2) is 5.78 Å². The van der Waals surface area contributed by atoms with Crippen LogP contribution in [0.15, 0.2) is 42.7 Å². The summed E-state index contributed by atoms with van der Waals surface area (Å²) >= 11 is 0. The molecule has 0 spiro atoms. The van der Waals surface area contributed by atoms with Crippen molar-refractivity contribution in [1.29, 1.82) is 0 Å². The van der Waals surface area contributed by atoms with Gasteiger partial charge in [-0.3, -0.25) is 9.48 Å². The van der Waals surface area contributed by atoms with Crippen molar-refractivity contribution >= 4 is 5.78 Å². The highest BCUT2D eigenvalue weighted by Crippen LogP contribution is 2.19. The van der Waals surface area contributed by atoms with Crippen LogP contribution in [0.3, 0.4) is 0 Å². The predicted octanol–water partition coefficient (Wildman–Crippen LogP) is 3.09. The molecule has 0 N–H and O–H groups in total. The molecule has 1 aromatic heterocycles.